The van der Waals surface area contributed by atoms with Crippen molar-refractivity contribution in [3.63, 3.8) is 0 Å². The van der Waals surface area contributed by atoms with Crippen molar-refractivity contribution in [3.05, 3.63) is 35.8 Å². The predicted molar refractivity (Wildman–Crippen MR) is 108 cm³/mol. The minimum absolute atomic E-state index is 0.205. The minimum atomic E-state index is -0.205. The molecule has 1 aromatic heterocycles. The molecule has 1 aliphatic heterocycles. The van der Waals surface area contributed by atoms with E-state index in [0.29, 0.717) is 6.04 Å². The summed E-state index contributed by atoms with van der Waals surface area (Å²) in [7, 11) is 0. The molecule has 1 aromatic carbocycles. The molecule has 0 saturated carbocycles. The van der Waals surface area contributed by atoms with Gasteiger partial charge in [0, 0.05) is 49.3 Å². The van der Waals surface area contributed by atoms with Gasteiger partial charge in [0.25, 0.3) is 0 Å². The first-order chi connectivity index (χ1) is 13.2. The molecule has 3 rings (SSSR count). The maximum atomic E-state index is 13.5. The lowest BCUT2D eigenvalue weighted by molar-refractivity contribution is 0.0220. The first kappa shape index (κ1) is 19.6. The molecule has 0 amide bonds. The lowest BCUT2D eigenvalue weighted by Crippen LogP contribution is -2.44. The number of nitrogens with zero attached hydrogens (tertiary/aromatic N) is 2. The number of hydrogen-bond acceptors (Lipinski definition) is 3. The van der Waals surface area contributed by atoms with Crippen LogP contribution in [0.2, 0.25) is 0 Å². The number of ether oxygens (including phenoxy) is 1. The Morgan fingerprint density at radius 1 is 1.33 bits per heavy atom. The molecular formula is C20H30FN5O. The van der Waals surface area contributed by atoms with Crippen LogP contribution < -0.4 is 10.6 Å². The molecule has 0 bridgehead atoms. The van der Waals surface area contributed by atoms with Crippen molar-refractivity contribution in [1.29, 1.82) is 0 Å². The Hall–Kier alpha value is -2.12. The van der Waals surface area contributed by atoms with Gasteiger partial charge in [0.15, 0.2) is 5.96 Å². The van der Waals surface area contributed by atoms with Crippen molar-refractivity contribution in [2.75, 3.05) is 45.9 Å². The monoisotopic (exact) mass is 375 g/mol. The number of H-pyrrole nitrogens is 1. The van der Waals surface area contributed by atoms with E-state index in [-0.39, 0.29) is 5.82 Å². The summed E-state index contributed by atoms with van der Waals surface area (Å²) in [5.41, 5.74) is 2.07. The highest BCUT2D eigenvalue weighted by Crippen LogP contribution is 2.19. The number of nitrogens with one attached hydrogen (secondary N) is 3. The van der Waals surface area contributed by atoms with Crippen molar-refractivity contribution >= 4 is 16.9 Å². The molecule has 2 aromatic rings. The second-order valence-electron chi connectivity index (χ2n) is 6.90. The zero-order valence-corrected chi connectivity index (χ0v) is 16.2. The SMILES string of the molecule is CCNC(=NCC(C)N1CCOCC1)NCCc1c[nH]c2ccc(F)cc12. The van der Waals surface area contributed by atoms with Crippen LogP contribution in [0.25, 0.3) is 10.9 Å². The molecule has 3 N–H and O–H groups in total. The topological polar surface area (TPSA) is 64.7 Å². The van der Waals surface area contributed by atoms with Crippen LogP contribution in [-0.4, -0.2) is 67.8 Å². The van der Waals surface area contributed by atoms with Crippen LogP contribution in [0.5, 0.6) is 0 Å². The maximum absolute atomic E-state index is 13.5. The fourth-order valence-electron chi connectivity index (χ4n) is 3.37. The van der Waals surface area contributed by atoms with E-state index in [1.54, 1.807) is 12.1 Å². The minimum Gasteiger partial charge on any atom is -0.379 e. The molecule has 0 aliphatic carbocycles. The molecule has 7 heteroatoms. The smallest absolute Gasteiger partial charge is 0.191 e. The van der Waals surface area contributed by atoms with E-state index in [2.05, 4.69) is 34.4 Å². The van der Waals surface area contributed by atoms with Gasteiger partial charge in [-0.25, -0.2) is 4.39 Å². The second kappa shape index (κ2) is 9.71. The quantitative estimate of drug-likeness (QED) is 0.512. The van der Waals surface area contributed by atoms with Crippen LogP contribution in [0.1, 0.15) is 19.4 Å². The third kappa shape index (κ3) is 5.43. The van der Waals surface area contributed by atoms with E-state index in [0.717, 1.165) is 74.8 Å². The largest absolute Gasteiger partial charge is 0.379 e. The van der Waals surface area contributed by atoms with Crippen LogP contribution in [0.4, 0.5) is 4.39 Å². The highest BCUT2D eigenvalue weighted by atomic mass is 19.1. The number of benzene rings is 1. The summed E-state index contributed by atoms with van der Waals surface area (Å²) < 4.78 is 18.9. The molecule has 0 spiro atoms. The number of morpholine rings is 1. The molecule has 1 aliphatic rings. The normalized spacial score (nSPS) is 17.2. The lowest BCUT2D eigenvalue weighted by atomic mass is 10.1. The van der Waals surface area contributed by atoms with Crippen molar-refractivity contribution in [1.82, 2.24) is 20.5 Å². The first-order valence-electron chi connectivity index (χ1n) is 9.77. The third-order valence-corrected chi connectivity index (χ3v) is 4.94. The molecule has 1 saturated heterocycles. The third-order valence-electron chi connectivity index (χ3n) is 4.94. The first-order valence-corrected chi connectivity index (χ1v) is 9.77. The zero-order valence-electron chi connectivity index (χ0n) is 16.2. The summed E-state index contributed by atoms with van der Waals surface area (Å²) in [4.78, 5) is 10.3. The van der Waals surface area contributed by atoms with Gasteiger partial charge in [0.2, 0.25) is 0 Å². The zero-order chi connectivity index (χ0) is 19.1. The maximum Gasteiger partial charge on any atom is 0.191 e. The van der Waals surface area contributed by atoms with Crippen molar-refractivity contribution < 1.29 is 9.13 Å². The summed E-state index contributed by atoms with van der Waals surface area (Å²) in [5.74, 6) is 0.618. The van der Waals surface area contributed by atoms with Gasteiger partial charge in [-0.15, -0.1) is 0 Å². The molecule has 1 fully saturated rings. The summed E-state index contributed by atoms with van der Waals surface area (Å²) in [6, 6.07) is 5.23. The number of hydrogen-bond donors (Lipinski definition) is 3. The number of aromatic amines is 1. The van der Waals surface area contributed by atoms with Crippen molar-refractivity contribution in [2.24, 2.45) is 4.99 Å². The number of guanidine groups is 1. The summed E-state index contributed by atoms with van der Waals surface area (Å²) >= 11 is 0. The van der Waals surface area contributed by atoms with E-state index >= 15 is 0 Å². The Balaban J connectivity index is 1.53. The van der Waals surface area contributed by atoms with Crippen LogP contribution in [-0.2, 0) is 11.2 Å². The summed E-state index contributed by atoms with van der Waals surface area (Å²) in [5, 5.41) is 7.62. The standard InChI is InChI=1S/C20H30FN5O/c1-3-22-20(25-13-15(2)26-8-10-27-11-9-26)23-7-6-16-14-24-19-5-4-17(21)12-18(16)19/h4-5,12,14-15,24H,3,6-11,13H2,1-2H3,(H2,22,23,25). The average Bonchev–Trinajstić information content (AvgIpc) is 3.08. The number of aliphatic imine (C=N–C) groups is 1. The van der Waals surface area contributed by atoms with E-state index in [4.69, 9.17) is 9.73 Å². The van der Waals surface area contributed by atoms with Gasteiger partial charge in [0.1, 0.15) is 5.82 Å². The number of aromatic nitrogens is 1. The Kier molecular flexibility index (Phi) is 7.06. The van der Waals surface area contributed by atoms with Gasteiger partial charge in [-0.1, -0.05) is 0 Å². The predicted octanol–water partition coefficient (Wildman–Crippen LogP) is 2.13. The molecular weight excluding hydrogens is 345 g/mol. The fraction of sp³-hybridized carbons (Fsp3) is 0.550. The molecule has 0 radical (unpaired) electrons. The Morgan fingerprint density at radius 2 is 2.15 bits per heavy atom. The van der Waals surface area contributed by atoms with Gasteiger partial charge in [-0.05, 0) is 44.0 Å². The molecule has 27 heavy (non-hydrogen) atoms. The number of halogens is 1. The molecule has 2 heterocycles. The van der Waals surface area contributed by atoms with Crippen LogP contribution in [0, 0.1) is 5.82 Å². The molecule has 1 unspecified atom stereocenters. The van der Waals surface area contributed by atoms with Crippen LogP contribution >= 0.6 is 0 Å². The van der Waals surface area contributed by atoms with E-state index < -0.39 is 0 Å². The second-order valence-corrected chi connectivity index (χ2v) is 6.90. The number of rotatable bonds is 7. The lowest BCUT2D eigenvalue weighted by Gasteiger charge is -2.31. The van der Waals surface area contributed by atoms with Gasteiger partial charge >= 0.3 is 0 Å². The molecule has 1 atom stereocenters. The summed E-state index contributed by atoms with van der Waals surface area (Å²) in [6.07, 6.45) is 2.75. The highest BCUT2D eigenvalue weighted by molar-refractivity contribution is 5.83. The van der Waals surface area contributed by atoms with Gasteiger partial charge in [-0.3, -0.25) is 9.89 Å². The van der Waals surface area contributed by atoms with Crippen LogP contribution in [0.3, 0.4) is 0 Å². The summed E-state index contributed by atoms with van der Waals surface area (Å²) in [6.45, 7) is 10.1. The average molecular weight is 375 g/mol. The van der Waals surface area contributed by atoms with E-state index in [1.165, 1.54) is 6.07 Å². The van der Waals surface area contributed by atoms with Gasteiger partial charge < -0.3 is 20.4 Å². The van der Waals surface area contributed by atoms with Crippen LogP contribution in [0.15, 0.2) is 29.4 Å². The Bertz CT molecular complexity index is 754. The fourth-order valence-corrected chi connectivity index (χ4v) is 3.37. The van der Waals surface area contributed by atoms with E-state index in [9.17, 15) is 4.39 Å². The van der Waals surface area contributed by atoms with E-state index in [1.807, 2.05) is 6.20 Å². The van der Waals surface area contributed by atoms with Crippen molar-refractivity contribution in [3.8, 4) is 0 Å². The molecule has 148 valence electrons. The molecule has 6 nitrogen and oxygen atoms in total. The van der Waals surface area contributed by atoms with Crippen molar-refractivity contribution in [2.45, 2.75) is 26.3 Å². The Morgan fingerprint density at radius 3 is 2.93 bits per heavy atom. The van der Waals surface area contributed by atoms with Gasteiger partial charge in [-0.2, -0.15) is 0 Å². The Labute approximate surface area is 160 Å². The number of fused-ring (bicyclic) bond motifs is 1. The highest BCUT2D eigenvalue weighted by Gasteiger charge is 2.16. The van der Waals surface area contributed by atoms with Gasteiger partial charge in [0.05, 0.1) is 19.8 Å².